The molecule has 9 nitrogen and oxygen atoms in total. The largest absolute Gasteiger partial charge is 0.356 e. The zero-order chi connectivity index (χ0) is 15.8. The van der Waals surface area contributed by atoms with Crippen LogP contribution in [0.15, 0.2) is 18.2 Å². The van der Waals surface area contributed by atoms with E-state index in [1.165, 1.54) is 12.1 Å². The van der Waals surface area contributed by atoms with Crippen LogP contribution < -0.4 is 21.9 Å². The number of benzene rings is 1. The molecule has 0 fully saturated rings. The Morgan fingerprint density at radius 2 is 2.05 bits per heavy atom. The second-order valence-corrected chi connectivity index (χ2v) is 4.09. The summed E-state index contributed by atoms with van der Waals surface area (Å²) in [6.45, 7) is 2.46. The number of carbonyl (C=O) groups excluding carboxylic acids is 2. The fraction of sp³-hybridized carbons (Fsp3) is 0.333. The first kappa shape index (κ1) is 16.4. The van der Waals surface area contributed by atoms with Crippen molar-refractivity contribution < 1.29 is 14.5 Å². The van der Waals surface area contributed by atoms with Crippen LogP contribution in [-0.4, -0.2) is 29.8 Å². The first-order valence-corrected chi connectivity index (χ1v) is 6.29. The number of nitrogens with two attached hydrogens (primary N) is 1. The summed E-state index contributed by atoms with van der Waals surface area (Å²) in [4.78, 5) is 33.3. The highest BCUT2D eigenvalue weighted by atomic mass is 16.6. The summed E-state index contributed by atoms with van der Waals surface area (Å²) < 4.78 is 0. The van der Waals surface area contributed by atoms with Gasteiger partial charge in [0.05, 0.1) is 4.92 Å². The molecule has 0 unspecified atom stereocenters. The normalized spacial score (nSPS) is 9.81. The number of amides is 2. The number of anilines is 1. The Kier molecular flexibility index (Phi) is 6.08. The first-order valence-electron chi connectivity index (χ1n) is 6.29. The summed E-state index contributed by atoms with van der Waals surface area (Å²) in [5.41, 5.74) is 2.12. The molecule has 0 heterocycles. The molecule has 21 heavy (non-hydrogen) atoms. The molecule has 2 amide bonds. The summed E-state index contributed by atoms with van der Waals surface area (Å²) in [6.07, 6.45) is 0.143. The monoisotopic (exact) mass is 295 g/mol. The van der Waals surface area contributed by atoms with Crippen LogP contribution in [0.2, 0.25) is 0 Å². The number of hydrogen-bond acceptors (Lipinski definition) is 6. The number of nitrogen functional groups attached to an aromatic ring is 1. The molecule has 0 aliphatic rings. The SMILES string of the molecule is CCNC(=O)CCNC(=O)c1ccc(NN)c([N+](=O)[O-])c1. The third-order valence-corrected chi connectivity index (χ3v) is 2.62. The fourth-order valence-electron chi connectivity index (χ4n) is 1.62. The molecule has 0 aromatic heterocycles. The van der Waals surface area contributed by atoms with Gasteiger partial charge in [0.2, 0.25) is 5.91 Å². The van der Waals surface area contributed by atoms with Crippen molar-refractivity contribution in [2.24, 2.45) is 5.84 Å². The van der Waals surface area contributed by atoms with Crippen LogP contribution in [0.4, 0.5) is 11.4 Å². The van der Waals surface area contributed by atoms with E-state index in [2.05, 4.69) is 16.1 Å². The Morgan fingerprint density at radius 1 is 1.33 bits per heavy atom. The van der Waals surface area contributed by atoms with E-state index >= 15 is 0 Å². The molecular weight excluding hydrogens is 278 g/mol. The van der Waals surface area contributed by atoms with E-state index in [-0.39, 0.29) is 35.8 Å². The van der Waals surface area contributed by atoms with Gasteiger partial charge in [-0.3, -0.25) is 25.5 Å². The number of nitro groups is 1. The molecule has 1 aromatic carbocycles. The summed E-state index contributed by atoms with van der Waals surface area (Å²) in [5.74, 6) is 4.49. The Hall–Kier alpha value is -2.68. The number of nitrogens with one attached hydrogen (secondary N) is 3. The molecule has 0 aliphatic carbocycles. The average Bonchev–Trinajstić information content (AvgIpc) is 2.46. The van der Waals surface area contributed by atoms with Gasteiger partial charge in [-0.15, -0.1) is 0 Å². The third-order valence-electron chi connectivity index (χ3n) is 2.62. The Bertz CT molecular complexity index is 546. The molecule has 0 bridgehead atoms. The Labute approximate surface area is 121 Å². The molecular formula is C12H17N5O4. The van der Waals surface area contributed by atoms with E-state index in [9.17, 15) is 19.7 Å². The molecule has 9 heteroatoms. The number of hydrogen-bond donors (Lipinski definition) is 4. The molecule has 1 aromatic rings. The summed E-state index contributed by atoms with van der Waals surface area (Å²) in [6, 6.07) is 3.87. The summed E-state index contributed by atoms with van der Waals surface area (Å²) in [5, 5.41) is 16.0. The maximum atomic E-state index is 11.8. The van der Waals surface area contributed by atoms with E-state index in [0.717, 1.165) is 6.07 Å². The van der Waals surface area contributed by atoms with Crippen LogP contribution in [0.1, 0.15) is 23.7 Å². The van der Waals surface area contributed by atoms with Gasteiger partial charge in [0.25, 0.3) is 11.6 Å². The van der Waals surface area contributed by atoms with Crippen LogP contribution in [0.3, 0.4) is 0 Å². The zero-order valence-electron chi connectivity index (χ0n) is 11.5. The van der Waals surface area contributed by atoms with Gasteiger partial charge < -0.3 is 16.1 Å². The second kappa shape index (κ2) is 7.80. The predicted molar refractivity (Wildman–Crippen MR) is 76.5 cm³/mol. The highest BCUT2D eigenvalue weighted by molar-refractivity contribution is 5.95. The second-order valence-electron chi connectivity index (χ2n) is 4.09. The average molecular weight is 295 g/mol. The molecule has 1 rings (SSSR count). The number of rotatable bonds is 7. The lowest BCUT2D eigenvalue weighted by molar-refractivity contribution is -0.384. The third kappa shape index (κ3) is 4.73. The lowest BCUT2D eigenvalue weighted by atomic mass is 10.1. The quantitative estimate of drug-likeness (QED) is 0.320. The molecule has 0 saturated carbocycles. The van der Waals surface area contributed by atoms with Crippen LogP contribution in [0, 0.1) is 10.1 Å². The van der Waals surface area contributed by atoms with Crippen LogP contribution in [0.25, 0.3) is 0 Å². The highest BCUT2D eigenvalue weighted by Gasteiger charge is 2.16. The minimum atomic E-state index is -0.638. The van der Waals surface area contributed by atoms with Crippen molar-refractivity contribution in [3.63, 3.8) is 0 Å². The highest BCUT2D eigenvalue weighted by Crippen LogP contribution is 2.24. The maximum Gasteiger partial charge on any atom is 0.294 e. The van der Waals surface area contributed by atoms with Crippen molar-refractivity contribution in [3.8, 4) is 0 Å². The first-order chi connectivity index (χ1) is 9.99. The topological polar surface area (TPSA) is 139 Å². The van der Waals surface area contributed by atoms with E-state index in [1.807, 2.05) is 0 Å². The number of nitrogens with zero attached hydrogens (tertiary/aromatic N) is 1. The van der Waals surface area contributed by atoms with Gasteiger partial charge in [-0.25, -0.2) is 0 Å². The van der Waals surface area contributed by atoms with E-state index in [1.54, 1.807) is 6.92 Å². The van der Waals surface area contributed by atoms with Gasteiger partial charge in [0.15, 0.2) is 0 Å². The molecule has 5 N–H and O–H groups in total. The van der Waals surface area contributed by atoms with Crippen molar-refractivity contribution >= 4 is 23.2 Å². The van der Waals surface area contributed by atoms with E-state index in [0.29, 0.717) is 6.54 Å². The van der Waals surface area contributed by atoms with E-state index in [4.69, 9.17) is 5.84 Å². The van der Waals surface area contributed by atoms with Gasteiger partial charge in [0, 0.05) is 31.1 Å². The number of nitro benzene ring substituents is 1. The van der Waals surface area contributed by atoms with E-state index < -0.39 is 10.8 Å². The fourth-order valence-corrected chi connectivity index (χ4v) is 1.62. The number of carbonyl (C=O) groups is 2. The van der Waals surface area contributed by atoms with Gasteiger partial charge in [0.1, 0.15) is 5.69 Å². The molecule has 0 aliphatic heterocycles. The van der Waals surface area contributed by atoms with Crippen molar-refractivity contribution in [3.05, 3.63) is 33.9 Å². The lowest BCUT2D eigenvalue weighted by Crippen LogP contribution is -2.30. The van der Waals surface area contributed by atoms with Gasteiger partial charge in [-0.2, -0.15) is 0 Å². The molecule has 0 spiro atoms. The zero-order valence-corrected chi connectivity index (χ0v) is 11.5. The number of hydrazine groups is 1. The summed E-state index contributed by atoms with van der Waals surface area (Å²) in [7, 11) is 0. The van der Waals surface area contributed by atoms with Crippen LogP contribution in [0.5, 0.6) is 0 Å². The van der Waals surface area contributed by atoms with Gasteiger partial charge in [-0.1, -0.05) is 0 Å². The predicted octanol–water partition coefficient (Wildman–Crippen LogP) is 0.136. The molecule has 114 valence electrons. The van der Waals surface area contributed by atoms with Crippen molar-refractivity contribution in [1.29, 1.82) is 0 Å². The van der Waals surface area contributed by atoms with Gasteiger partial charge in [-0.05, 0) is 19.1 Å². The van der Waals surface area contributed by atoms with Crippen molar-refractivity contribution in [2.75, 3.05) is 18.5 Å². The Morgan fingerprint density at radius 3 is 2.62 bits per heavy atom. The standard InChI is InChI=1S/C12H17N5O4/c1-2-14-11(18)5-6-15-12(19)8-3-4-9(16-13)10(7-8)17(20)21/h3-4,7,16H,2,5-6,13H2,1H3,(H,14,18)(H,15,19). The molecule has 0 radical (unpaired) electrons. The van der Waals surface area contributed by atoms with Crippen molar-refractivity contribution in [2.45, 2.75) is 13.3 Å². The smallest absolute Gasteiger partial charge is 0.294 e. The van der Waals surface area contributed by atoms with Crippen LogP contribution in [-0.2, 0) is 4.79 Å². The Balaban J connectivity index is 2.68. The summed E-state index contributed by atoms with van der Waals surface area (Å²) >= 11 is 0. The maximum absolute atomic E-state index is 11.8. The van der Waals surface area contributed by atoms with Gasteiger partial charge >= 0.3 is 0 Å². The van der Waals surface area contributed by atoms with Crippen LogP contribution >= 0.6 is 0 Å². The van der Waals surface area contributed by atoms with Crippen molar-refractivity contribution in [1.82, 2.24) is 10.6 Å². The lowest BCUT2D eigenvalue weighted by Gasteiger charge is -2.07. The minimum absolute atomic E-state index is 0.110. The molecule has 0 atom stereocenters. The minimum Gasteiger partial charge on any atom is -0.356 e. The molecule has 0 saturated heterocycles.